The predicted octanol–water partition coefficient (Wildman–Crippen LogP) is 3.42. The van der Waals surface area contributed by atoms with E-state index in [1.54, 1.807) is 18.2 Å². The van der Waals surface area contributed by atoms with Crippen LogP contribution in [-0.4, -0.2) is 41.1 Å². The first-order valence-corrected chi connectivity index (χ1v) is 11.3. The zero-order chi connectivity index (χ0) is 23.8. The summed E-state index contributed by atoms with van der Waals surface area (Å²) in [6.07, 6.45) is 0. The van der Waals surface area contributed by atoms with Crippen molar-refractivity contribution >= 4 is 27.6 Å². The van der Waals surface area contributed by atoms with Crippen molar-refractivity contribution < 1.29 is 32.2 Å². The number of esters is 2. The highest BCUT2D eigenvalue weighted by Gasteiger charge is 2.33. The summed E-state index contributed by atoms with van der Waals surface area (Å²) in [6, 6.07) is 21.4. The lowest BCUT2D eigenvalue weighted by Crippen LogP contribution is -2.37. The Hall–Kier alpha value is -3.85. The SMILES string of the molecule is COC(=O)CN(c1ccccc1OCc1ccccc1)S(=O)(=O)c1ccccc1C(=O)OC. The standard InChI is InChI=1S/C24H23NO7S/c1-30-23(26)16-25(33(28,29)22-15-9-6-12-19(22)24(27)31-2)20-13-7-8-14-21(20)32-17-18-10-4-3-5-11-18/h3-15H,16-17H2,1-2H3. The van der Waals surface area contributed by atoms with Crippen LogP contribution in [0.5, 0.6) is 5.75 Å². The summed E-state index contributed by atoms with van der Waals surface area (Å²) in [7, 11) is -2.08. The number of anilines is 1. The molecule has 0 unspecified atom stereocenters. The van der Waals surface area contributed by atoms with Gasteiger partial charge in [0.05, 0.1) is 25.5 Å². The Bertz CT molecular complexity index is 1230. The number of methoxy groups -OCH3 is 2. The van der Waals surface area contributed by atoms with Crippen LogP contribution in [-0.2, 0) is 30.9 Å². The fourth-order valence-corrected chi connectivity index (χ4v) is 4.69. The first-order chi connectivity index (χ1) is 15.9. The summed E-state index contributed by atoms with van der Waals surface area (Å²) in [5.74, 6) is -1.36. The van der Waals surface area contributed by atoms with Gasteiger partial charge >= 0.3 is 11.9 Å². The maximum Gasteiger partial charge on any atom is 0.339 e. The summed E-state index contributed by atoms with van der Waals surface area (Å²) in [4.78, 5) is 24.1. The van der Waals surface area contributed by atoms with Crippen LogP contribution in [0.25, 0.3) is 0 Å². The number of benzene rings is 3. The zero-order valence-corrected chi connectivity index (χ0v) is 18.9. The van der Waals surface area contributed by atoms with Crippen molar-refractivity contribution in [3.8, 4) is 5.75 Å². The van der Waals surface area contributed by atoms with Crippen molar-refractivity contribution in [2.45, 2.75) is 11.5 Å². The van der Waals surface area contributed by atoms with Crippen LogP contribution in [0.2, 0.25) is 0 Å². The predicted molar refractivity (Wildman–Crippen MR) is 122 cm³/mol. The van der Waals surface area contributed by atoms with Crippen LogP contribution in [0.3, 0.4) is 0 Å². The summed E-state index contributed by atoms with van der Waals surface area (Å²) >= 11 is 0. The molecule has 0 aliphatic carbocycles. The molecule has 3 aromatic carbocycles. The van der Waals surface area contributed by atoms with Gasteiger partial charge in [0.25, 0.3) is 10.0 Å². The van der Waals surface area contributed by atoms with Gasteiger partial charge in [0.15, 0.2) is 0 Å². The van der Waals surface area contributed by atoms with Gasteiger partial charge in [0, 0.05) is 0 Å². The Labute approximate surface area is 192 Å². The highest BCUT2D eigenvalue weighted by atomic mass is 32.2. The van der Waals surface area contributed by atoms with E-state index < -0.39 is 28.5 Å². The Morgan fingerprint density at radius 1 is 0.818 bits per heavy atom. The molecule has 0 aliphatic heterocycles. The molecule has 9 heteroatoms. The molecule has 0 bridgehead atoms. The van der Waals surface area contributed by atoms with Gasteiger partial charge in [-0.3, -0.25) is 9.10 Å². The van der Waals surface area contributed by atoms with E-state index in [4.69, 9.17) is 14.2 Å². The Kier molecular flexibility index (Phi) is 7.68. The van der Waals surface area contributed by atoms with Gasteiger partial charge in [-0.15, -0.1) is 0 Å². The molecule has 0 heterocycles. The Balaban J connectivity index is 2.08. The van der Waals surface area contributed by atoms with Crippen molar-refractivity contribution in [1.82, 2.24) is 0 Å². The van der Waals surface area contributed by atoms with E-state index in [2.05, 4.69) is 0 Å². The van der Waals surface area contributed by atoms with Gasteiger partial charge in [0.2, 0.25) is 0 Å². The van der Waals surface area contributed by atoms with Crippen LogP contribution in [0.15, 0.2) is 83.8 Å². The number of carbonyl (C=O) groups excluding carboxylic acids is 2. The smallest absolute Gasteiger partial charge is 0.339 e. The molecule has 0 saturated carbocycles. The van der Waals surface area contributed by atoms with E-state index in [0.29, 0.717) is 0 Å². The molecule has 0 aromatic heterocycles. The average Bonchev–Trinajstić information content (AvgIpc) is 2.86. The van der Waals surface area contributed by atoms with Crippen LogP contribution < -0.4 is 9.04 Å². The lowest BCUT2D eigenvalue weighted by molar-refractivity contribution is -0.138. The molecule has 0 spiro atoms. The molecule has 8 nitrogen and oxygen atoms in total. The third-order valence-electron chi connectivity index (χ3n) is 4.73. The van der Waals surface area contributed by atoms with E-state index in [-0.39, 0.29) is 28.5 Å². The largest absolute Gasteiger partial charge is 0.487 e. The van der Waals surface area contributed by atoms with Crippen LogP contribution in [0.4, 0.5) is 5.69 Å². The van der Waals surface area contributed by atoms with Gasteiger partial charge in [-0.25, -0.2) is 13.2 Å². The topological polar surface area (TPSA) is 99.2 Å². The molecule has 3 aromatic rings. The quantitative estimate of drug-likeness (QED) is 0.443. The fraction of sp³-hybridized carbons (Fsp3) is 0.167. The summed E-state index contributed by atoms with van der Waals surface area (Å²) in [5, 5.41) is 0. The Morgan fingerprint density at radius 2 is 1.45 bits per heavy atom. The third kappa shape index (κ3) is 5.50. The monoisotopic (exact) mass is 469 g/mol. The molecule has 0 atom stereocenters. The first kappa shape index (κ1) is 23.8. The van der Waals surface area contributed by atoms with Gasteiger partial charge in [-0.05, 0) is 29.8 Å². The minimum Gasteiger partial charge on any atom is -0.487 e. The lowest BCUT2D eigenvalue weighted by Gasteiger charge is -2.26. The number of rotatable bonds is 9. The average molecular weight is 470 g/mol. The highest BCUT2D eigenvalue weighted by Crippen LogP contribution is 2.34. The number of carbonyl (C=O) groups is 2. The van der Waals surface area contributed by atoms with Gasteiger partial charge in [-0.2, -0.15) is 0 Å². The second-order valence-corrected chi connectivity index (χ2v) is 8.65. The molecule has 0 fully saturated rings. The second kappa shape index (κ2) is 10.6. The summed E-state index contributed by atoms with van der Waals surface area (Å²) < 4.78 is 43.6. The molecule has 172 valence electrons. The Morgan fingerprint density at radius 3 is 2.15 bits per heavy atom. The molecular formula is C24H23NO7S. The number of hydrogen-bond acceptors (Lipinski definition) is 7. The zero-order valence-electron chi connectivity index (χ0n) is 18.1. The first-order valence-electron chi connectivity index (χ1n) is 9.91. The maximum absolute atomic E-state index is 13.7. The van der Waals surface area contributed by atoms with Gasteiger partial charge in [-0.1, -0.05) is 54.6 Å². The van der Waals surface area contributed by atoms with Crippen LogP contribution in [0, 0.1) is 0 Å². The van der Waals surface area contributed by atoms with Gasteiger partial charge in [0.1, 0.15) is 23.8 Å². The molecule has 0 aliphatic rings. The maximum atomic E-state index is 13.7. The molecular weight excluding hydrogens is 446 g/mol. The van der Waals surface area contributed by atoms with Crippen molar-refractivity contribution in [3.05, 3.63) is 90.0 Å². The van der Waals surface area contributed by atoms with Crippen LogP contribution in [0.1, 0.15) is 15.9 Å². The minimum absolute atomic E-state index is 0.124. The van der Waals surface area contributed by atoms with Crippen molar-refractivity contribution in [2.24, 2.45) is 0 Å². The van der Waals surface area contributed by atoms with Gasteiger partial charge < -0.3 is 14.2 Å². The van der Waals surface area contributed by atoms with E-state index in [0.717, 1.165) is 24.1 Å². The van der Waals surface area contributed by atoms with E-state index in [9.17, 15) is 18.0 Å². The number of para-hydroxylation sites is 2. The molecule has 0 amide bonds. The summed E-state index contributed by atoms with van der Waals surface area (Å²) in [5.41, 5.74) is 0.849. The normalized spacial score (nSPS) is 10.8. The molecule has 33 heavy (non-hydrogen) atoms. The lowest BCUT2D eigenvalue weighted by atomic mass is 10.2. The second-order valence-electron chi connectivity index (χ2n) is 6.82. The molecule has 0 N–H and O–H groups in total. The van der Waals surface area contributed by atoms with Crippen LogP contribution >= 0.6 is 0 Å². The fourth-order valence-electron chi connectivity index (χ4n) is 3.09. The van der Waals surface area contributed by atoms with E-state index >= 15 is 0 Å². The summed E-state index contributed by atoms with van der Waals surface area (Å²) in [6.45, 7) is -0.442. The number of sulfonamides is 1. The third-order valence-corrected chi connectivity index (χ3v) is 6.55. The molecule has 0 saturated heterocycles. The minimum atomic E-state index is -4.40. The number of hydrogen-bond donors (Lipinski definition) is 0. The van der Waals surface area contributed by atoms with E-state index in [1.807, 2.05) is 30.3 Å². The number of nitrogens with zero attached hydrogens (tertiary/aromatic N) is 1. The van der Waals surface area contributed by atoms with Crippen molar-refractivity contribution in [1.29, 1.82) is 0 Å². The van der Waals surface area contributed by atoms with E-state index in [1.165, 1.54) is 30.3 Å². The molecule has 0 radical (unpaired) electrons. The molecule has 3 rings (SSSR count). The van der Waals surface area contributed by atoms with Crippen molar-refractivity contribution in [2.75, 3.05) is 25.1 Å². The number of ether oxygens (including phenoxy) is 3. The van der Waals surface area contributed by atoms with Crippen molar-refractivity contribution in [3.63, 3.8) is 0 Å². The highest BCUT2D eigenvalue weighted by molar-refractivity contribution is 7.93.